The minimum atomic E-state index is -1.23. The summed E-state index contributed by atoms with van der Waals surface area (Å²) in [4.78, 5) is 15.0. The number of benzene rings is 1. The number of pyridine rings is 1. The molecule has 0 saturated carbocycles. The molecular formula is C11H7LiN4O2. The second-order valence-corrected chi connectivity index (χ2v) is 3.68. The molecule has 84 valence electrons. The van der Waals surface area contributed by atoms with E-state index in [0.29, 0.717) is 27.6 Å². The standard InChI is InChI=1S/C11H8N4O2.Li/c12-10-7-4-13-15-9(7)6-3-5(11(16)17)1-2-8(6)14-10;/h1-4H,(H2,12,14)(H,13,15)(H,16,17);/q;+1/p-1. The first-order valence-electron chi connectivity index (χ1n) is 4.90. The zero-order valence-electron chi connectivity index (χ0n) is 9.60. The van der Waals surface area contributed by atoms with Gasteiger partial charge >= 0.3 is 18.9 Å². The number of aromatic nitrogens is 3. The molecule has 0 amide bonds. The third kappa shape index (κ3) is 1.72. The zero-order chi connectivity index (χ0) is 12.0. The number of nitrogen functional groups attached to an aromatic ring is 1. The van der Waals surface area contributed by atoms with Gasteiger partial charge in [-0.25, -0.2) is 4.98 Å². The van der Waals surface area contributed by atoms with E-state index in [1.807, 2.05) is 0 Å². The molecule has 0 radical (unpaired) electrons. The third-order valence-electron chi connectivity index (χ3n) is 2.66. The molecule has 18 heavy (non-hydrogen) atoms. The average Bonchev–Trinajstić information content (AvgIpc) is 2.78. The van der Waals surface area contributed by atoms with E-state index in [1.165, 1.54) is 12.1 Å². The van der Waals surface area contributed by atoms with Gasteiger partial charge in [-0.3, -0.25) is 5.10 Å². The van der Waals surface area contributed by atoms with E-state index in [4.69, 9.17) is 5.73 Å². The SMILES string of the molecule is Nc1nc2ccc(C(=O)[O-])cc2c2[nH]ncc12.[Li+]. The van der Waals surface area contributed by atoms with E-state index < -0.39 is 5.97 Å². The molecule has 3 aromatic rings. The minimum absolute atomic E-state index is 0. The molecule has 3 N–H and O–H groups in total. The van der Waals surface area contributed by atoms with E-state index >= 15 is 0 Å². The predicted molar refractivity (Wildman–Crippen MR) is 60.1 cm³/mol. The Morgan fingerprint density at radius 1 is 1.33 bits per heavy atom. The topological polar surface area (TPSA) is 108 Å². The van der Waals surface area contributed by atoms with Crippen LogP contribution in [0.5, 0.6) is 0 Å². The van der Waals surface area contributed by atoms with E-state index in [0.717, 1.165) is 0 Å². The molecule has 3 rings (SSSR count). The van der Waals surface area contributed by atoms with Crippen LogP contribution >= 0.6 is 0 Å². The Morgan fingerprint density at radius 2 is 2.11 bits per heavy atom. The van der Waals surface area contributed by atoms with Crippen molar-refractivity contribution in [2.75, 3.05) is 5.73 Å². The van der Waals surface area contributed by atoms with Crippen LogP contribution in [0.15, 0.2) is 24.4 Å². The first kappa shape index (κ1) is 12.4. The van der Waals surface area contributed by atoms with E-state index in [2.05, 4.69) is 15.2 Å². The zero-order valence-corrected chi connectivity index (χ0v) is 9.60. The van der Waals surface area contributed by atoms with Gasteiger partial charge in [0.25, 0.3) is 0 Å². The van der Waals surface area contributed by atoms with Gasteiger partial charge in [-0.05, 0) is 17.7 Å². The Bertz CT molecular complexity index is 753. The van der Waals surface area contributed by atoms with Gasteiger partial charge in [0.1, 0.15) is 5.82 Å². The van der Waals surface area contributed by atoms with Crippen molar-refractivity contribution in [1.29, 1.82) is 0 Å². The molecule has 2 aromatic heterocycles. The second-order valence-electron chi connectivity index (χ2n) is 3.68. The number of carbonyl (C=O) groups excluding carboxylic acids is 1. The van der Waals surface area contributed by atoms with Gasteiger partial charge in [0.15, 0.2) is 0 Å². The quantitative estimate of drug-likeness (QED) is 0.438. The summed E-state index contributed by atoms with van der Waals surface area (Å²) in [5, 5.41) is 18.8. The summed E-state index contributed by atoms with van der Waals surface area (Å²) in [6.07, 6.45) is 1.56. The van der Waals surface area contributed by atoms with Gasteiger partial charge < -0.3 is 15.6 Å². The molecule has 0 unspecified atom stereocenters. The number of rotatable bonds is 1. The van der Waals surface area contributed by atoms with Crippen LogP contribution in [0.25, 0.3) is 21.8 Å². The van der Waals surface area contributed by atoms with Gasteiger partial charge in [-0.1, -0.05) is 6.07 Å². The number of carboxylic acid groups (broad SMARTS) is 1. The number of carbonyl (C=O) groups is 1. The fourth-order valence-corrected chi connectivity index (χ4v) is 1.84. The van der Waals surface area contributed by atoms with Crippen molar-refractivity contribution in [3.05, 3.63) is 30.0 Å². The van der Waals surface area contributed by atoms with Crippen LogP contribution in [-0.2, 0) is 0 Å². The Hall–Kier alpha value is -2.03. The number of H-pyrrole nitrogens is 1. The van der Waals surface area contributed by atoms with Crippen molar-refractivity contribution in [2.24, 2.45) is 0 Å². The van der Waals surface area contributed by atoms with Crippen LogP contribution in [0.2, 0.25) is 0 Å². The molecular weight excluding hydrogens is 227 g/mol. The van der Waals surface area contributed by atoms with E-state index in [1.54, 1.807) is 12.3 Å². The van der Waals surface area contributed by atoms with Crippen LogP contribution in [0.3, 0.4) is 0 Å². The molecule has 0 aliphatic rings. The molecule has 6 nitrogen and oxygen atoms in total. The normalized spacial score (nSPS) is 10.4. The number of fused-ring (bicyclic) bond motifs is 3. The molecule has 7 heteroatoms. The number of hydrogen-bond acceptors (Lipinski definition) is 5. The molecule has 0 saturated heterocycles. The largest absolute Gasteiger partial charge is 1.00 e. The fourth-order valence-electron chi connectivity index (χ4n) is 1.84. The summed E-state index contributed by atoms with van der Waals surface area (Å²) < 4.78 is 0. The molecule has 1 aromatic carbocycles. The smallest absolute Gasteiger partial charge is 0.545 e. The first-order valence-corrected chi connectivity index (χ1v) is 4.90. The van der Waals surface area contributed by atoms with E-state index in [-0.39, 0.29) is 24.4 Å². The van der Waals surface area contributed by atoms with Crippen LogP contribution < -0.4 is 29.7 Å². The van der Waals surface area contributed by atoms with Crippen molar-refractivity contribution < 1.29 is 28.8 Å². The van der Waals surface area contributed by atoms with Crippen molar-refractivity contribution in [3.63, 3.8) is 0 Å². The van der Waals surface area contributed by atoms with Crippen molar-refractivity contribution in [2.45, 2.75) is 0 Å². The average molecular weight is 234 g/mol. The number of anilines is 1. The van der Waals surface area contributed by atoms with Gasteiger partial charge in [0.2, 0.25) is 0 Å². The Balaban J connectivity index is 0.00000120. The van der Waals surface area contributed by atoms with Crippen LogP contribution in [0.4, 0.5) is 5.82 Å². The predicted octanol–water partition coefficient (Wildman–Crippen LogP) is -2.94. The summed E-state index contributed by atoms with van der Waals surface area (Å²) in [5.74, 6) is -0.862. The summed E-state index contributed by atoms with van der Waals surface area (Å²) in [7, 11) is 0. The Morgan fingerprint density at radius 3 is 2.83 bits per heavy atom. The number of nitrogens with zero attached hydrogens (tertiary/aromatic N) is 2. The molecule has 0 spiro atoms. The van der Waals surface area contributed by atoms with Gasteiger partial charge in [-0.15, -0.1) is 0 Å². The maximum Gasteiger partial charge on any atom is 1.00 e. The summed E-state index contributed by atoms with van der Waals surface area (Å²) >= 11 is 0. The summed E-state index contributed by atoms with van der Waals surface area (Å²) in [5.41, 5.74) is 7.15. The second kappa shape index (κ2) is 4.33. The molecule has 0 aliphatic carbocycles. The molecule has 0 bridgehead atoms. The number of nitrogens with one attached hydrogen (secondary N) is 1. The molecule has 0 aliphatic heterocycles. The number of carboxylic acids is 1. The van der Waals surface area contributed by atoms with Crippen LogP contribution in [-0.4, -0.2) is 21.2 Å². The van der Waals surface area contributed by atoms with Crippen molar-refractivity contribution >= 4 is 33.6 Å². The fraction of sp³-hybridized carbons (Fsp3) is 0. The van der Waals surface area contributed by atoms with E-state index in [9.17, 15) is 9.90 Å². The Kier molecular flexibility index (Phi) is 2.99. The third-order valence-corrected chi connectivity index (χ3v) is 2.66. The number of hydrogen-bond donors (Lipinski definition) is 2. The monoisotopic (exact) mass is 234 g/mol. The summed E-state index contributed by atoms with van der Waals surface area (Å²) in [6.45, 7) is 0. The van der Waals surface area contributed by atoms with Crippen LogP contribution in [0, 0.1) is 0 Å². The number of aromatic carboxylic acids is 1. The van der Waals surface area contributed by atoms with Gasteiger partial charge in [-0.2, -0.15) is 5.10 Å². The molecule has 0 fully saturated rings. The Labute approximate surface area is 113 Å². The molecule has 0 atom stereocenters. The van der Waals surface area contributed by atoms with Crippen LogP contribution in [0.1, 0.15) is 10.4 Å². The maximum absolute atomic E-state index is 10.8. The van der Waals surface area contributed by atoms with Crippen molar-refractivity contribution in [3.8, 4) is 0 Å². The van der Waals surface area contributed by atoms with Gasteiger partial charge in [0.05, 0.1) is 28.6 Å². The minimum Gasteiger partial charge on any atom is -0.545 e. The van der Waals surface area contributed by atoms with Crippen molar-refractivity contribution in [1.82, 2.24) is 15.2 Å². The van der Waals surface area contributed by atoms with Gasteiger partial charge in [0, 0.05) is 5.39 Å². The summed E-state index contributed by atoms with van der Waals surface area (Å²) in [6, 6.07) is 4.53. The first-order chi connectivity index (χ1) is 8.16. The maximum atomic E-state index is 10.8. The number of nitrogens with two attached hydrogens (primary N) is 1. The number of aromatic amines is 1. The molecule has 2 heterocycles.